The highest BCUT2D eigenvalue weighted by Crippen LogP contribution is 2.32. The topological polar surface area (TPSA) is 16.6 Å². The minimum absolute atomic E-state index is 0.286. The van der Waals surface area contributed by atoms with Crippen molar-refractivity contribution in [2.24, 2.45) is 5.92 Å². The Labute approximate surface area is 139 Å². The number of hydrogen-bond acceptors (Lipinski definition) is 0. The molecule has 0 saturated heterocycles. The summed E-state index contributed by atoms with van der Waals surface area (Å²) in [7, 11) is 4.14. The molecule has 1 nitrogen and oxygen atoms in total. The number of hydrogen-bond donors (Lipinski definition) is 1. The highest BCUT2D eigenvalue weighted by atomic mass is 14.9. The van der Waals surface area contributed by atoms with E-state index in [0.29, 0.717) is 0 Å². The maximum Gasteiger partial charge on any atom is 0.0729 e. The lowest BCUT2D eigenvalue weighted by Crippen LogP contribution is -2.92. The molecular weight excluding hydrogens is 266 g/mol. The van der Waals surface area contributed by atoms with Gasteiger partial charge in [-0.2, -0.15) is 7.05 Å². The fourth-order valence-corrected chi connectivity index (χ4v) is 3.36. The molecule has 0 fully saturated rings. The summed E-state index contributed by atoms with van der Waals surface area (Å²) in [6, 6.07) is 0. The molecule has 1 aliphatic carbocycles. The molecule has 0 aliphatic heterocycles. The molecule has 0 radical (unpaired) electrons. The molecule has 0 aromatic heterocycles. The van der Waals surface area contributed by atoms with Crippen molar-refractivity contribution in [2.45, 2.75) is 85.1 Å². The molecule has 1 rings (SSSR count). The van der Waals surface area contributed by atoms with Gasteiger partial charge in [-0.15, -0.1) is 0 Å². The van der Waals surface area contributed by atoms with Gasteiger partial charge < -0.3 is 5.32 Å². The van der Waals surface area contributed by atoms with Gasteiger partial charge >= 0.3 is 0 Å². The lowest BCUT2D eigenvalue weighted by atomic mass is 9.74. The molecule has 0 heterocycles. The summed E-state index contributed by atoms with van der Waals surface area (Å²) in [5.41, 5.74) is 4.81. The molecule has 2 N–H and O–H groups in total. The Balaban J connectivity index is 2.47. The van der Waals surface area contributed by atoms with Gasteiger partial charge in [-0.25, -0.2) is 0 Å². The number of rotatable bonds is 8. The van der Waals surface area contributed by atoms with Crippen LogP contribution in [-0.4, -0.2) is 5.54 Å². The lowest BCUT2D eigenvalue weighted by molar-refractivity contribution is -0.682. The fraction of sp³-hybridized carbons (Fsp3) is 0.667. The molecule has 0 saturated carbocycles. The molecular formula is C21H37N. The first-order chi connectivity index (χ1) is 10.4. The van der Waals surface area contributed by atoms with Crippen LogP contribution in [0.25, 0.3) is 0 Å². The van der Waals surface area contributed by atoms with Crippen LogP contribution in [0.5, 0.6) is 0 Å². The second kappa shape index (κ2) is 9.35. The van der Waals surface area contributed by atoms with E-state index >= 15 is 0 Å². The van der Waals surface area contributed by atoms with Crippen LogP contribution in [0.1, 0.15) is 79.6 Å². The zero-order chi connectivity index (χ0) is 16.6. The summed E-state index contributed by atoms with van der Waals surface area (Å²) in [5.74, 6) is 0.771. The van der Waals surface area contributed by atoms with Crippen LogP contribution in [-0.2, 0) is 0 Å². The average Bonchev–Trinajstić information content (AvgIpc) is 2.47. The number of allylic oxidation sites excluding steroid dienone is 6. The van der Waals surface area contributed by atoms with Crippen molar-refractivity contribution in [3.8, 4) is 0 Å². The van der Waals surface area contributed by atoms with Crippen LogP contribution in [0.4, 0.5) is 0 Å². The first-order valence-corrected chi connectivity index (χ1v) is 8.95. The molecule has 0 amide bonds. The van der Waals surface area contributed by atoms with Gasteiger partial charge in [0.15, 0.2) is 0 Å². The van der Waals surface area contributed by atoms with E-state index in [1.807, 2.05) is 0 Å². The zero-order valence-electron chi connectivity index (χ0n) is 15.5. The third kappa shape index (κ3) is 6.52. The smallest absolute Gasteiger partial charge is 0.0729 e. The van der Waals surface area contributed by atoms with Gasteiger partial charge in [0.05, 0.1) is 5.54 Å². The monoisotopic (exact) mass is 303 g/mol. The lowest BCUT2D eigenvalue weighted by Gasteiger charge is -2.38. The quantitative estimate of drug-likeness (QED) is 0.461. The molecule has 1 aliphatic rings. The van der Waals surface area contributed by atoms with Crippen LogP contribution < -0.4 is 5.32 Å². The Morgan fingerprint density at radius 3 is 2.59 bits per heavy atom. The van der Waals surface area contributed by atoms with E-state index in [0.717, 1.165) is 5.92 Å². The van der Waals surface area contributed by atoms with Crippen LogP contribution in [0.2, 0.25) is 0 Å². The third-order valence-electron chi connectivity index (χ3n) is 5.30. The standard InChI is InChI=1S/C21H37N/c1-17(2)9-7-10-18(3)11-8-16-21(5,22-6)20-14-12-19(4)13-15-20/h9,11-12,20H,6-8,10,13-16,22H2,1-5H3. The van der Waals surface area contributed by atoms with Crippen LogP contribution >= 0.6 is 0 Å². The van der Waals surface area contributed by atoms with Gasteiger partial charge in [-0.1, -0.05) is 34.9 Å². The number of nitrogens with two attached hydrogens (primary N) is 1. The Hall–Kier alpha value is -0.820. The Kier molecular flexibility index (Phi) is 8.17. The van der Waals surface area contributed by atoms with E-state index in [9.17, 15) is 0 Å². The molecule has 2 atom stereocenters. The second-order valence-corrected chi connectivity index (χ2v) is 7.64. The van der Waals surface area contributed by atoms with E-state index in [-0.39, 0.29) is 5.54 Å². The Morgan fingerprint density at radius 1 is 1.32 bits per heavy atom. The second-order valence-electron chi connectivity index (χ2n) is 7.64. The first-order valence-electron chi connectivity index (χ1n) is 8.95. The van der Waals surface area contributed by atoms with Crippen molar-refractivity contribution < 1.29 is 5.32 Å². The van der Waals surface area contributed by atoms with Crippen LogP contribution in [0, 0.1) is 13.0 Å². The molecule has 0 bridgehead atoms. The van der Waals surface area contributed by atoms with E-state index in [1.54, 1.807) is 5.57 Å². The van der Waals surface area contributed by atoms with Crippen molar-refractivity contribution in [1.29, 1.82) is 0 Å². The van der Waals surface area contributed by atoms with Gasteiger partial charge in [0, 0.05) is 12.3 Å². The Morgan fingerprint density at radius 2 is 2.05 bits per heavy atom. The first kappa shape index (κ1) is 19.2. The van der Waals surface area contributed by atoms with Crippen molar-refractivity contribution in [3.63, 3.8) is 0 Å². The molecule has 1 heteroatoms. The predicted molar refractivity (Wildman–Crippen MR) is 98.4 cm³/mol. The molecule has 0 aromatic carbocycles. The Bertz CT molecular complexity index is 423. The van der Waals surface area contributed by atoms with Crippen molar-refractivity contribution in [3.05, 3.63) is 42.0 Å². The molecule has 2 unspecified atom stereocenters. The minimum Gasteiger partial charge on any atom is -0.474 e. The van der Waals surface area contributed by atoms with Crippen molar-refractivity contribution in [2.75, 3.05) is 0 Å². The third-order valence-corrected chi connectivity index (χ3v) is 5.30. The average molecular weight is 304 g/mol. The normalized spacial score (nSPS) is 22.0. The van der Waals surface area contributed by atoms with E-state index in [2.05, 4.69) is 65.2 Å². The van der Waals surface area contributed by atoms with E-state index in [4.69, 9.17) is 0 Å². The maximum atomic E-state index is 4.14. The fourth-order valence-electron chi connectivity index (χ4n) is 3.36. The summed E-state index contributed by atoms with van der Waals surface area (Å²) in [6.45, 7) is 11.3. The number of quaternary nitrogens is 1. The van der Waals surface area contributed by atoms with E-state index < -0.39 is 0 Å². The largest absolute Gasteiger partial charge is 0.474 e. The molecule has 0 spiro atoms. The van der Waals surface area contributed by atoms with Crippen molar-refractivity contribution >= 4 is 0 Å². The highest BCUT2D eigenvalue weighted by Gasteiger charge is 2.34. The van der Waals surface area contributed by atoms with Gasteiger partial charge in [0.1, 0.15) is 0 Å². The zero-order valence-corrected chi connectivity index (χ0v) is 15.5. The minimum atomic E-state index is 0.286. The van der Waals surface area contributed by atoms with Gasteiger partial charge in [0.2, 0.25) is 0 Å². The van der Waals surface area contributed by atoms with Gasteiger partial charge in [0.25, 0.3) is 0 Å². The van der Waals surface area contributed by atoms with Crippen LogP contribution in [0.3, 0.4) is 0 Å². The molecule has 0 aromatic rings. The van der Waals surface area contributed by atoms with E-state index in [1.165, 1.54) is 56.1 Å². The maximum absolute atomic E-state index is 4.14. The SMILES string of the molecule is [CH2-][NH2+]C(C)(CCC=C(C)CCC=C(C)C)C1CC=C(C)CC1. The summed E-state index contributed by atoms with van der Waals surface area (Å²) >= 11 is 0. The highest BCUT2D eigenvalue weighted by molar-refractivity contribution is 5.06. The van der Waals surface area contributed by atoms with Crippen molar-refractivity contribution in [1.82, 2.24) is 0 Å². The summed E-state index contributed by atoms with van der Waals surface area (Å²) in [5, 5.41) is 2.22. The summed E-state index contributed by atoms with van der Waals surface area (Å²) in [4.78, 5) is 0. The van der Waals surface area contributed by atoms with Crippen LogP contribution in [0.15, 0.2) is 34.9 Å². The molecule has 22 heavy (non-hydrogen) atoms. The van der Waals surface area contributed by atoms with Gasteiger partial charge in [-0.05, 0) is 73.1 Å². The summed E-state index contributed by atoms with van der Waals surface area (Å²) < 4.78 is 0. The predicted octanol–water partition coefficient (Wildman–Crippen LogP) is 5.32. The molecule has 126 valence electrons. The van der Waals surface area contributed by atoms with Gasteiger partial charge in [-0.3, -0.25) is 0 Å². The summed E-state index contributed by atoms with van der Waals surface area (Å²) in [6.07, 6.45) is 15.8.